The lowest BCUT2D eigenvalue weighted by Crippen LogP contribution is -2.67. The molecule has 53 heavy (non-hydrogen) atoms. The van der Waals surface area contributed by atoms with Crippen molar-refractivity contribution >= 4 is 0 Å². The molecule has 0 amide bonds. The van der Waals surface area contributed by atoms with E-state index in [9.17, 15) is 76.6 Å². The van der Waals surface area contributed by atoms with Crippen LogP contribution in [0, 0.1) is 0 Å². The van der Waals surface area contributed by atoms with Gasteiger partial charge in [0.1, 0.15) is 104 Å². The number of hydrogen-bond donors (Lipinski definition) is 15. The second kappa shape index (κ2) is 18.1. The van der Waals surface area contributed by atoms with Gasteiger partial charge in [-0.1, -0.05) is 0 Å². The largest absolute Gasteiger partial charge is 0.394 e. The van der Waals surface area contributed by atoms with Gasteiger partial charge in [0, 0.05) is 0 Å². The quantitative estimate of drug-likeness (QED) is 0.0925. The zero-order chi connectivity index (χ0) is 39.0. The summed E-state index contributed by atoms with van der Waals surface area (Å²) in [6.45, 7) is -1.08. The summed E-state index contributed by atoms with van der Waals surface area (Å²) in [4.78, 5) is 0. The first-order valence-corrected chi connectivity index (χ1v) is 17.3. The van der Waals surface area contributed by atoms with Gasteiger partial charge in [0.25, 0.3) is 0 Å². The van der Waals surface area contributed by atoms with E-state index < -0.39 is 167 Å². The molecule has 4 aliphatic heterocycles. The summed E-state index contributed by atoms with van der Waals surface area (Å²) in [5.41, 5.74) is 0. The highest BCUT2D eigenvalue weighted by Crippen LogP contribution is 2.35. The third-order valence-electron chi connectivity index (χ3n) is 10.4. The van der Waals surface area contributed by atoms with E-state index in [2.05, 4.69) is 0 Å². The minimum atomic E-state index is -2.02. The Hall–Kier alpha value is -0.920. The summed E-state index contributed by atoms with van der Waals surface area (Å²) < 4.78 is 44.2. The second-order valence-electron chi connectivity index (χ2n) is 13.9. The second-order valence-corrected chi connectivity index (χ2v) is 13.9. The van der Waals surface area contributed by atoms with E-state index in [1.807, 2.05) is 0 Å². The smallest absolute Gasteiger partial charge is 0.187 e. The molecule has 5 aliphatic rings. The van der Waals surface area contributed by atoms with Crippen LogP contribution in [0.25, 0.3) is 0 Å². The van der Waals surface area contributed by atoms with Gasteiger partial charge in [0.05, 0.1) is 38.1 Å². The first-order valence-electron chi connectivity index (χ1n) is 17.3. The predicted molar refractivity (Wildman–Crippen MR) is 162 cm³/mol. The van der Waals surface area contributed by atoms with Crippen LogP contribution in [0.2, 0.25) is 0 Å². The molecule has 15 N–H and O–H groups in total. The maximum absolute atomic E-state index is 11.0. The normalized spacial score (nSPS) is 54.1. The lowest BCUT2D eigenvalue weighted by Gasteiger charge is -2.48. The van der Waals surface area contributed by atoms with Crippen LogP contribution in [0.1, 0.15) is 19.8 Å². The Labute approximate surface area is 301 Å². The molecule has 0 radical (unpaired) electrons. The first kappa shape index (κ1) is 43.2. The molecule has 0 spiro atoms. The van der Waals surface area contributed by atoms with E-state index in [0.29, 0.717) is 0 Å². The van der Waals surface area contributed by atoms with Crippen molar-refractivity contribution in [2.24, 2.45) is 0 Å². The van der Waals surface area contributed by atoms with Gasteiger partial charge < -0.3 is 114 Å². The minimum absolute atomic E-state index is 0.0182. The summed E-state index contributed by atoms with van der Waals surface area (Å²) in [5, 5.41) is 155. The van der Waals surface area contributed by atoms with E-state index in [0.717, 1.165) is 0 Å². The molecule has 0 aromatic heterocycles. The van der Waals surface area contributed by atoms with Crippen molar-refractivity contribution in [3.8, 4) is 0 Å². The van der Waals surface area contributed by atoms with Crippen LogP contribution in [0.15, 0.2) is 0 Å². The van der Waals surface area contributed by atoms with Crippen LogP contribution >= 0.6 is 0 Å². The lowest BCUT2D eigenvalue weighted by atomic mass is 9.88. The van der Waals surface area contributed by atoms with Crippen molar-refractivity contribution in [1.29, 1.82) is 0 Å². The van der Waals surface area contributed by atoms with Crippen molar-refractivity contribution in [3.63, 3.8) is 0 Å². The average Bonchev–Trinajstić information content (AvgIpc) is 3.14. The van der Waals surface area contributed by atoms with Gasteiger partial charge in [-0.15, -0.1) is 0 Å². The van der Waals surface area contributed by atoms with E-state index in [1.54, 1.807) is 0 Å². The third-order valence-corrected chi connectivity index (χ3v) is 10.4. The molecule has 23 nitrogen and oxygen atoms in total. The number of aliphatic hydroxyl groups excluding tert-OH is 15. The van der Waals surface area contributed by atoms with E-state index in [-0.39, 0.29) is 12.8 Å². The van der Waals surface area contributed by atoms with Gasteiger partial charge >= 0.3 is 0 Å². The topological polar surface area (TPSA) is 377 Å². The third kappa shape index (κ3) is 8.82. The average molecular weight is 781 g/mol. The molecule has 1 aliphatic carbocycles. The molecule has 24 atom stereocenters. The lowest BCUT2D eigenvalue weighted by molar-refractivity contribution is -0.382. The molecule has 0 aromatic rings. The van der Waals surface area contributed by atoms with Crippen LogP contribution in [0.3, 0.4) is 0 Å². The Morgan fingerprint density at radius 1 is 0.396 bits per heavy atom. The maximum Gasteiger partial charge on any atom is 0.187 e. The monoisotopic (exact) mass is 780 g/mol. The van der Waals surface area contributed by atoms with E-state index in [1.165, 1.54) is 6.92 Å². The van der Waals surface area contributed by atoms with Crippen molar-refractivity contribution in [1.82, 2.24) is 0 Å². The summed E-state index contributed by atoms with van der Waals surface area (Å²) in [6, 6.07) is 0. The van der Waals surface area contributed by atoms with Crippen LogP contribution < -0.4 is 0 Å². The zero-order valence-corrected chi connectivity index (χ0v) is 28.4. The molecule has 4 saturated heterocycles. The summed E-state index contributed by atoms with van der Waals surface area (Å²) in [5.74, 6) is 0. The van der Waals surface area contributed by atoms with Crippen LogP contribution in [0.4, 0.5) is 0 Å². The Morgan fingerprint density at radius 2 is 0.792 bits per heavy atom. The SMILES string of the molecule is CC1O[C@H](O)C(O)C(O)[C@H]1O[C@H]1CCC(O[C@H]2OC(CO)[C@@H](O[C@@H]3OC(CO)[C@@H](O[C@H]4OC(CO)[C@H](O)C(O)C4O)C(O)C3O)C(O)C2O)C(O)[C@@H]1O. The molecule has 5 rings (SSSR count). The van der Waals surface area contributed by atoms with Crippen molar-refractivity contribution in [2.45, 2.75) is 167 Å². The zero-order valence-electron chi connectivity index (χ0n) is 28.4. The Morgan fingerprint density at radius 3 is 1.26 bits per heavy atom. The molecule has 1 saturated carbocycles. The molecule has 14 unspecified atom stereocenters. The Bertz CT molecular complexity index is 1140. The highest BCUT2D eigenvalue weighted by atomic mass is 16.8. The van der Waals surface area contributed by atoms with Crippen LogP contribution in [0.5, 0.6) is 0 Å². The fourth-order valence-electron chi connectivity index (χ4n) is 7.15. The minimum Gasteiger partial charge on any atom is -0.394 e. The molecule has 23 heteroatoms. The number of hydrogen-bond acceptors (Lipinski definition) is 23. The molecule has 0 bridgehead atoms. The van der Waals surface area contributed by atoms with Gasteiger partial charge in [-0.05, 0) is 19.8 Å². The van der Waals surface area contributed by atoms with Gasteiger partial charge in [0.2, 0.25) is 0 Å². The molecule has 5 fully saturated rings. The number of rotatable bonds is 11. The summed E-state index contributed by atoms with van der Waals surface area (Å²) in [7, 11) is 0. The van der Waals surface area contributed by atoms with Gasteiger partial charge in [-0.25, -0.2) is 0 Å². The molecule has 0 aromatic carbocycles. The highest BCUT2D eigenvalue weighted by molar-refractivity contribution is 4.98. The first-order chi connectivity index (χ1) is 25.0. The van der Waals surface area contributed by atoms with Gasteiger partial charge in [-0.2, -0.15) is 0 Å². The van der Waals surface area contributed by atoms with Gasteiger partial charge in [0.15, 0.2) is 25.2 Å². The standard InChI is InChI=1S/C30H52O23/c1-7-24(17(38)20(41)27(45)46-7)47-8-2-3-9(14(35)13(8)34)48-28-22(43)18(39)25(11(5-32)50-28)53-30-23(44)19(40)26(12(6-33)51-30)52-29-21(42)16(37)15(36)10(4-31)49-29/h7-45H,2-6H2,1H3/t7?,8-,9?,10?,11?,12?,13+,14?,15-,16?,17?,18?,19?,20?,21?,22?,23?,24-,25+,26+,27-,28-,29+,30-/m0/s1. The van der Waals surface area contributed by atoms with E-state index >= 15 is 0 Å². The number of ether oxygens (including phenoxy) is 8. The molecular weight excluding hydrogens is 728 g/mol. The predicted octanol–water partition coefficient (Wildman–Crippen LogP) is -9.45. The van der Waals surface area contributed by atoms with Gasteiger partial charge in [-0.3, -0.25) is 0 Å². The Balaban J connectivity index is 1.18. The fraction of sp³-hybridized carbons (Fsp3) is 1.00. The molecular formula is C30H52O23. The fourth-order valence-corrected chi connectivity index (χ4v) is 7.15. The molecule has 4 heterocycles. The van der Waals surface area contributed by atoms with Crippen LogP contribution in [-0.2, 0) is 37.9 Å². The summed E-state index contributed by atoms with van der Waals surface area (Å²) >= 11 is 0. The van der Waals surface area contributed by atoms with Crippen LogP contribution in [-0.4, -0.2) is 244 Å². The van der Waals surface area contributed by atoms with E-state index in [4.69, 9.17) is 37.9 Å². The maximum atomic E-state index is 11.0. The van der Waals surface area contributed by atoms with Crippen molar-refractivity contribution in [2.75, 3.05) is 19.8 Å². The van der Waals surface area contributed by atoms with Crippen molar-refractivity contribution < 1.29 is 114 Å². The Kier molecular flexibility index (Phi) is 14.8. The highest BCUT2D eigenvalue weighted by Gasteiger charge is 2.55. The number of aliphatic hydroxyl groups is 15. The van der Waals surface area contributed by atoms with Crippen molar-refractivity contribution in [3.05, 3.63) is 0 Å². The molecule has 310 valence electrons. The summed E-state index contributed by atoms with van der Waals surface area (Å²) in [6.07, 6.45) is -39.0.